The zero-order valence-electron chi connectivity index (χ0n) is 30.4. The molecular formula is C38H55F3N4O3S. The zero-order valence-corrected chi connectivity index (χ0v) is 31.2. The van der Waals surface area contributed by atoms with Gasteiger partial charge in [-0.05, 0) is 91.6 Å². The van der Waals surface area contributed by atoms with E-state index in [0.717, 1.165) is 29.7 Å². The standard InChI is InChI=1S/C38H55F3N4O3S/c1-24-30-17-27(38(30,5)6)18-33(24)42-36(46)34-14-15-49(47,48)45(34)21-26-11-9-10-25(16-26)20-44(28(22-43(7)8)19-37(2,3)4)23-29-31(39)12-13-32(40)35(29)41/h9-13,16,24,27-28,30,33-34H,14-15,17-23H2,1-8H3,(H,42,46)/t24-,27-,28-,30+,33-,34?/m0/s1. The molecule has 1 N–H and O–H groups in total. The van der Waals surface area contributed by atoms with E-state index >= 15 is 0 Å². The summed E-state index contributed by atoms with van der Waals surface area (Å²) in [6, 6.07) is 8.37. The Labute approximate surface area is 291 Å². The summed E-state index contributed by atoms with van der Waals surface area (Å²) in [4.78, 5) is 17.7. The minimum absolute atomic E-state index is 0.0414. The molecular weight excluding hydrogens is 650 g/mol. The Balaban J connectivity index is 1.37. The molecule has 6 rings (SSSR count). The first-order chi connectivity index (χ1) is 22.8. The number of rotatable bonds is 12. The summed E-state index contributed by atoms with van der Waals surface area (Å²) in [5, 5.41) is 3.24. The van der Waals surface area contributed by atoms with Crippen molar-refractivity contribution in [2.45, 2.75) is 105 Å². The largest absolute Gasteiger partial charge is 0.352 e. The van der Waals surface area contributed by atoms with Crippen LogP contribution in [0.2, 0.25) is 0 Å². The van der Waals surface area contributed by atoms with Crippen LogP contribution >= 0.6 is 0 Å². The van der Waals surface area contributed by atoms with Gasteiger partial charge in [0.05, 0.1) is 5.75 Å². The topological polar surface area (TPSA) is 73.0 Å². The van der Waals surface area contributed by atoms with Gasteiger partial charge in [-0.25, -0.2) is 21.6 Å². The number of halogens is 3. The average molecular weight is 705 g/mol. The van der Waals surface area contributed by atoms with Gasteiger partial charge in [0.1, 0.15) is 11.9 Å². The Bertz CT molecular complexity index is 1630. The van der Waals surface area contributed by atoms with E-state index < -0.39 is 33.5 Å². The molecule has 2 aromatic carbocycles. The monoisotopic (exact) mass is 704 g/mol. The smallest absolute Gasteiger partial charge is 0.238 e. The Hall–Kier alpha value is -2.47. The molecule has 4 fully saturated rings. The minimum Gasteiger partial charge on any atom is -0.352 e. The number of likely N-dealkylation sites (N-methyl/N-ethyl adjacent to an activating group) is 1. The average Bonchev–Trinajstić information content (AvgIpc) is 3.29. The van der Waals surface area contributed by atoms with Gasteiger partial charge < -0.3 is 10.2 Å². The molecule has 1 aliphatic heterocycles. The number of carbonyl (C=O) groups is 1. The van der Waals surface area contributed by atoms with E-state index in [9.17, 15) is 26.4 Å². The highest BCUT2D eigenvalue weighted by Gasteiger charge is 2.56. The van der Waals surface area contributed by atoms with Crippen LogP contribution in [-0.4, -0.2) is 72.9 Å². The highest BCUT2D eigenvalue weighted by atomic mass is 32.2. The second-order valence-corrected chi connectivity index (χ2v) is 19.0. The number of hydrogen-bond donors (Lipinski definition) is 1. The molecule has 4 aliphatic rings. The van der Waals surface area contributed by atoms with Gasteiger partial charge in [0.25, 0.3) is 0 Å². The van der Waals surface area contributed by atoms with Crippen LogP contribution < -0.4 is 5.32 Å². The molecule has 7 nitrogen and oxygen atoms in total. The van der Waals surface area contributed by atoms with Gasteiger partial charge in [0, 0.05) is 43.8 Å². The lowest BCUT2D eigenvalue weighted by atomic mass is 9.45. The quantitative estimate of drug-likeness (QED) is 0.254. The van der Waals surface area contributed by atoms with E-state index in [2.05, 4.69) is 46.9 Å². The molecule has 6 atom stereocenters. The molecule has 0 aromatic heterocycles. The van der Waals surface area contributed by atoms with Crippen LogP contribution in [0.1, 0.15) is 83.9 Å². The van der Waals surface area contributed by atoms with E-state index in [1.54, 1.807) is 0 Å². The van der Waals surface area contributed by atoms with Gasteiger partial charge in [-0.1, -0.05) is 65.8 Å². The molecule has 3 saturated carbocycles. The maximum Gasteiger partial charge on any atom is 0.238 e. The SMILES string of the molecule is C[C@@H]1[C@@H](NC(=O)C2CCS(=O)(=O)N2Cc2cccc(CN(Cc3c(F)ccc(F)c3F)[C@H](CN(C)C)CC(C)(C)C)c2)C[C@@H]2C[C@H]1C2(C)C. The van der Waals surface area contributed by atoms with Gasteiger partial charge in [-0.15, -0.1) is 0 Å². The van der Waals surface area contributed by atoms with Crippen LogP contribution in [0.15, 0.2) is 36.4 Å². The van der Waals surface area contributed by atoms with Crippen molar-refractivity contribution in [1.82, 2.24) is 19.4 Å². The number of nitrogens with one attached hydrogen (secondary N) is 1. The van der Waals surface area contributed by atoms with E-state index in [1.807, 2.05) is 48.2 Å². The number of hydrogen-bond acceptors (Lipinski definition) is 5. The summed E-state index contributed by atoms with van der Waals surface area (Å²) < 4.78 is 72.1. The third-order valence-electron chi connectivity index (χ3n) is 11.5. The zero-order chi connectivity index (χ0) is 36.1. The summed E-state index contributed by atoms with van der Waals surface area (Å²) in [7, 11) is 0.233. The molecule has 11 heteroatoms. The van der Waals surface area contributed by atoms with Crippen molar-refractivity contribution in [1.29, 1.82) is 0 Å². The third kappa shape index (κ3) is 8.37. The number of sulfonamides is 1. The molecule has 0 radical (unpaired) electrons. The number of fused-ring (bicyclic) bond motifs is 2. The molecule has 1 heterocycles. The minimum atomic E-state index is -3.65. The van der Waals surface area contributed by atoms with Crippen molar-refractivity contribution in [3.63, 3.8) is 0 Å². The van der Waals surface area contributed by atoms with Crippen molar-refractivity contribution in [2.24, 2.45) is 28.6 Å². The van der Waals surface area contributed by atoms with Crippen LogP contribution in [0.5, 0.6) is 0 Å². The third-order valence-corrected chi connectivity index (χ3v) is 13.3. The predicted molar refractivity (Wildman–Crippen MR) is 187 cm³/mol. The first-order valence-electron chi connectivity index (χ1n) is 17.7. The molecule has 1 unspecified atom stereocenters. The predicted octanol–water partition coefficient (Wildman–Crippen LogP) is 6.56. The van der Waals surface area contributed by atoms with E-state index in [4.69, 9.17) is 0 Å². The fraction of sp³-hybridized carbons (Fsp3) is 0.658. The first-order valence-corrected chi connectivity index (χ1v) is 19.3. The van der Waals surface area contributed by atoms with Gasteiger partial charge in [-0.3, -0.25) is 9.69 Å². The van der Waals surface area contributed by atoms with E-state index in [-0.39, 0.29) is 59.6 Å². The van der Waals surface area contributed by atoms with Gasteiger partial charge in [0.2, 0.25) is 15.9 Å². The highest BCUT2D eigenvalue weighted by molar-refractivity contribution is 7.89. The highest BCUT2D eigenvalue weighted by Crippen LogP contribution is 2.61. The van der Waals surface area contributed by atoms with Gasteiger partial charge in [-0.2, -0.15) is 4.31 Å². The van der Waals surface area contributed by atoms with Crippen LogP contribution in [0, 0.1) is 46.0 Å². The number of carbonyl (C=O) groups excluding carboxylic acids is 1. The molecule has 1 amide bonds. The summed E-state index contributed by atoms with van der Waals surface area (Å²) >= 11 is 0. The van der Waals surface area contributed by atoms with Crippen molar-refractivity contribution in [3.05, 3.63) is 70.5 Å². The van der Waals surface area contributed by atoms with E-state index in [0.29, 0.717) is 37.3 Å². The fourth-order valence-corrected chi connectivity index (χ4v) is 10.4. The van der Waals surface area contributed by atoms with Crippen LogP contribution in [-0.2, 0) is 34.5 Å². The molecule has 2 bridgehead atoms. The lowest BCUT2D eigenvalue weighted by molar-refractivity contribution is -0.136. The molecule has 1 saturated heterocycles. The maximum atomic E-state index is 15.0. The number of amides is 1. The van der Waals surface area contributed by atoms with Crippen LogP contribution in [0.3, 0.4) is 0 Å². The Morgan fingerprint density at radius 3 is 2.35 bits per heavy atom. The van der Waals surface area contributed by atoms with Gasteiger partial charge >= 0.3 is 0 Å². The summed E-state index contributed by atoms with van der Waals surface area (Å²) in [6.07, 6.45) is 3.06. The van der Waals surface area contributed by atoms with Crippen molar-refractivity contribution >= 4 is 15.9 Å². The maximum absolute atomic E-state index is 15.0. The summed E-state index contributed by atoms with van der Waals surface area (Å²) in [5.41, 5.74) is 1.40. The molecule has 272 valence electrons. The lowest BCUT2D eigenvalue weighted by Gasteiger charge is -2.62. The lowest BCUT2D eigenvalue weighted by Crippen LogP contribution is -2.61. The van der Waals surface area contributed by atoms with Gasteiger partial charge in [0.15, 0.2) is 11.6 Å². The number of benzene rings is 2. The van der Waals surface area contributed by atoms with Crippen molar-refractivity contribution in [3.8, 4) is 0 Å². The second kappa shape index (κ2) is 14.3. The van der Waals surface area contributed by atoms with E-state index in [1.165, 1.54) is 10.7 Å². The molecule has 2 aromatic rings. The Morgan fingerprint density at radius 2 is 1.71 bits per heavy atom. The van der Waals surface area contributed by atoms with Crippen molar-refractivity contribution in [2.75, 3.05) is 26.4 Å². The summed E-state index contributed by atoms with van der Waals surface area (Å²) in [6.45, 7) is 14.0. The Kier molecular flexibility index (Phi) is 11.0. The second-order valence-electron chi connectivity index (χ2n) is 17.0. The van der Waals surface area contributed by atoms with Crippen LogP contribution in [0.4, 0.5) is 13.2 Å². The molecule has 49 heavy (non-hydrogen) atoms. The Morgan fingerprint density at radius 1 is 1.04 bits per heavy atom. The normalized spacial score (nSPS) is 26.9. The number of nitrogens with zero attached hydrogens (tertiary/aromatic N) is 3. The molecule has 0 spiro atoms. The summed E-state index contributed by atoms with van der Waals surface area (Å²) in [5.74, 6) is -1.94. The molecule has 3 aliphatic carbocycles. The van der Waals surface area contributed by atoms with Crippen molar-refractivity contribution < 1.29 is 26.4 Å². The fourth-order valence-electron chi connectivity index (χ4n) is 8.71. The van der Waals surface area contributed by atoms with Crippen LogP contribution in [0.25, 0.3) is 0 Å². The first kappa shape index (κ1) is 37.8.